The minimum atomic E-state index is -0.0965. The van der Waals surface area contributed by atoms with Gasteiger partial charge in [-0.25, -0.2) is 9.97 Å². The highest BCUT2D eigenvalue weighted by molar-refractivity contribution is 7.15. The first-order chi connectivity index (χ1) is 29.1. The van der Waals surface area contributed by atoms with Gasteiger partial charge in [0.25, 0.3) is 5.91 Å². The molecule has 12 rings (SSSR count). The first-order valence-corrected chi connectivity index (χ1v) is 22.0. The van der Waals surface area contributed by atoms with Crippen LogP contribution in [0.15, 0.2) is 144 Å². The molecule has 7 nitrogen and oxygen atoms in total. The van der Waals surface area contributed by atoms with Crippen LogP contribution in [0, 0.1) is 0 Å². The van der Waals surface area contributed by atoms with Gasteiger partial charge in [-0.05, 0) is 92.7 Å². The van der Waals surface area contributed by atoms with E-state index in [1.807, 2.05) is 28.1 Å². The van der Waals surface area contributed by atoms with Crippen molar-refractivity contribution in [1.82, 2.24) is 29.4 Å². The van der Waals surface area contributed by atoms with Gasteiger partial charge >= 0.3 is 0 Å². The smallest absolute Gasteiger partial charge is 0.270 e. The molecule has 4 heterocycles. The molecule has 286 valence electrons. The minimum Gasteiger partial charge on any atom is -0.347 e. The van der Waals surface area contributed by atoms with Gasteiger partial charge in [0.2, 0.25) is 0 Å². The zero-order valence-corrected chi connectivity index (χ0v) is 33.7. The molecule has 0 fully saturated rings. The number of aromatic nitrogens is 4. The van der Waals surface area contributed by atoms with Gasteiger partial charge < -0.3 is 10.6 Å². The van der Waals surface area contributed by atoms with Crippen LogP contribution in [0.3, 0.4) is 0 Å². The second-order valence-corrected chi connectivity index (χ2v) is 17.7. The number of hydrogen-bond acceptors (Lipinski definition) is 6. The molecular weight excluding hydrogens is 765 g/mol. The van der Waals surface area contributed by atoms with Crippen molar-refractivity contribution >= 4 is 60.0 Å². The molecule has 9 heteroatoms. The van der Waals surface area contributed by atoms with Gasteiger partial charge in [-0.3, -0.25) is 13.6 Å². The first-order valence-electron chi connectivity index (χ1n) is 20.3. The molecule has 0 bridgehead atoms. The lowest BCUT2D eigenvalue weighted by molar-refractivity contribution is 0.0933. The van der Waals surface area contributed by atoms with E-state index in [4.69, 9.17) is 9.97 Å². The van der Waals surface area contributed by atoms with Gasteiger partial charge in [0.05, 0.1) is 11.4 Å². The van der Waals surface area contributed by atoms with Crippen molar-refractivity contribution in [2.45, 2.75) is 44.3 Å². The van der Waals surface area contributed by atoms with E-state index in [0.717, 1.165) is 69.7 Å². The Morgan fingerprint density at radius 2 is 1.24 bits per heavy atom. The maximum atomic E-state index is 14.2. The summed E-state index contributed by atoms with van der Waals surface area (Å²) in [7, 11) is 0. The third-order valence-electron chi connectivity index (χ3n) is 12.4. The SMILES string of the molecule is O=C(NC1Cc2ccc(-c3cccc4ccc(-c5nc6sccn6c5CNC5Cc6ccccc6C5)cc34)cc2C1)c1c(-c2ccc3ccccc3c2)nc2sccn12. The lowest BCUT2D eigenvalue weighted by atomic mass is 9.94. The van der Waals surface area contributed by atoms with Crippen molar-refractivity contribution in [2.75, 3.05) is 0 Å². The minimum absolute atomic E-state index is 0.0132. The summed E-state index contributed by atoms with van der Waals surface area (Å²) in [6.45, 7) is 0.748. The number of imidazole rings is 2. The van der Waals surface area contributed by atoms with E-state index in [1.165, 1.54) is 49.8 Å². The molecule has 59 heavy (non-hydrogen) atoms. The van der Waals surface area contributed by atoms with Crippen molar-refractivity contribution in [3.8, 4) is 33.6 Å². The maximum Gasteiger partial charge on any atom is 0.270 e. The number of carbonyl (C=O) groups is 1. The third-order valence-corrected chi connectivity index (χ3v) is 13.9. The Morgan fingerprint density at radius 3 is 2.08 bits per heavy atom. The van der Waals surface area contributed by atoms with Crippen LogP contribution in [0.1, 0.15) is 38.4 Å². The second kappa shape index (κ2) is 13.9. The zero-order chi connectivity index (χ0) is 39.0. The van der Waals surface area contributed by atoms with Crippen LogP contribution in [0.2, 0.25) is 0 Å². The fourth-order valence-corrected chi connectivity index (χ4v) is 11.0. The van der Waals surface area contributed by atoms with Crippen LogP contribution in [-0.2, 0) is 32.2 Å². The Balaban J connectivity index is 0.818. The highest BCUT2D eigenvalue weighted by Crippen LogP contribution is 2.37. The molecule has 4 aromatic heterocycles. The molecular formula is C50H38N6OS2. The van der Waals surface area contributed by atoms with Crippen LogP contribution >= 0.6 is 22.7 Å². The summed E-state index contributed by atoms with van der Waals surface area (Å²) < 4.78 is 4.18. The van der Waals surface area contributed by atoms with E-state index in [2.05, 4.69) is 136 Å². The molecule has 0 saturated heterocycles. The summed E-state index contributed by atoms with van der Waals surface area (Å²) >= 11 is 3.22. The summed E-state index contributed by atoms with van der Waals surface area (Å²) in [4.78, 5) is 26.2. The summed E-state index contributed by atoms with van der Waals surface area (Å²) in [6.07, 6.45) is 7.77. The van der Waals surface area contributed by atoms with E-state index >= 15 is 0 Å². The molecule has 1 unspecified atom stereocenters. The van der Waals surface area contributed by atoms with E-state index < -0.39 is 0 Å². The van der Waals surface area contributed by atoms with Crippen molar-refractivity contribution in [2.24, 2.45) is 0 Å². The predicted octanol–water partition coefficient (Wildman–Crippen LogP) is 10.6. The van der Waals surface area contributed by atoms with Gasteiger partial charge in [0.15, 0.2) is 9.92 Å². The Bertz CT molecular complexity index is 3250. The van der Waals surface area contributed by atoms with Crippen LogP contribution in [0.25, 0.3) is 65.1 Å². The number of amides is 1. The molecule has 2 aliphatic rings. The molecule has 10 aromatic rings. The summed E-state index contributed by atoms with van der Waals surface area (Å²) in [5.74, 6) is -0.0965. The number of fused-ring (bicyclic) bond motifs is 6. The predicted molar refractivity (Wildman–Crippen MR) is 241 cm³/mol. The molecule has 0 aliphatic heterocycles. The number of hydrogen-bond donors (Lipinski definition) is 2. The summed E-state index contributed by atoms with van der Waals surface area (Å²) in [5, 5.41) is 16.1. The van der Waals surface area contributed by atoms with Crippen molar-refractivity contribution < 1.29 is 4.79 Å². The molecule has 1 amide bonds. The number of nitrogens with zero attached hydrogens (tertiary/aromatic N) is 4. The number of thiazole rings is 2. The lowest BCUT2D eigenvalue weighted by Gasteiger charge is -2.14. The highest BCUT2D eigenvalue weighted by atomic mass is 32.1. The highest BCUT2D eigenvalue weighted by Gasteiger charge is 2.28. The molecule has 6 aromatic carbocycles. The van der Waals surface area contributed by atoms with Crippen molar-refractivity contribution in [1.29, 1.82) is 0 Å². The average Bonchev–Trinajstić information content (AvgIpc) is 4.12. The fourth-order valence-electron chi connectivity index (χ4n) is 9.53. The molecule has 1 atom stereocenters. The number of nitrogens with one attached hydrogen (secondary N) is 2. The van der Waals surface area contributed by atoms with Gasteiger partial charge in [-0.15, -0.1) is 22.7 Å². The third kappa shape index (κ3) is 5.99. The second-order valence-electron chi connectivity index (χ2n) is 15.9. The Kier molecular flexibility index (Phi) is 8.14. The molecule has 0 saturated carbocycles. The number of benzene rings is 6. The van der Waals surface area contributed by atoms with Crippen LogP contribution in [-0.4, -0.2) is 36.8 Å². The Morgan fingerprint density at radius 1 is 0.593 bits per heavy atom. The average molecular weight is 803 g/mol. The van der Waals surface area contributed by atoms with Gasteiger partial charge in [0, 0.05) is 52.9 Å². The topological polar surface area (TPSA) is 75.7 Å². The van der Waals surface area contributed by atoms with E-state index in [-0.39, 0.29) is 11.9 Å². The molecule has 2 N–H and O–H groups in total. The summed E-state index contributed by atoms with van der Waals surface area (Å²) in [6, 6.07) is 44.0. The molecule has 0 radical (unpaired) electrons. The Hall–Kier alpha value is -6.39. The molecule has 0 spiro atoms. The van der Waals surface area contributed by atoms with Crippen molar-refractivity contribution in [3.63, 3.8) is 0 Å². The van der Waals surface area contributed by atoms with Crippen LogP contribution < -0.4 is 10.6 Å². The first kappa shape index (κ1) is 34.6. The monoisotopic (exact) mass is 802 g/mol. The van der Waals surface area contributed by atoms with Gasteiger partial charge in [-0.1, -0.05) is 109 Å². The van der Waals surface area contributed by atoms with E-state index in [1.54, 1.807) is 22.7 Å². The lowest BCUT2D eigenvalue weighted by Crippen LogP contribution is -2.36. The Labute approximate surface area is 348 Å². The van der Waals surface area contributed by atoms with E-state index in [9.17, 15) is 4.79 Å². The van der Waals surface area contributed by atoms with E-state index in [0.29, 0.717) is 17.4 Å². The van der Waals surface area contributed by atoms with Crippen LogP contribution in [0.4, 0.5) is 0 Å². The maximum absolute atomic E-state index is 14.2. The number of rotatable bonds is 8. The van der Waals surface area contributed by atoms with Gasteiger partial charge in [0.1, 0.15) is 11.4 Å². The quantitative estimate of drug-likeness (QED) is 0.160. The molecule has 2 aliphatic carbocycles. The number of carbonyl (C=O) groups excluding carboxylic acids is 1. The zero-order valence-electron chi connectivity index (χ0n) is 32.1. The van der Waals surface area contributed by atoms with Gasteiger partial charge in [-0.2, -0.15) is 0 Å². The normalized spacial score (nSPS) is 15.2. The van der Waals surface area contributed by atoms with Crippen LogP contribution in [0.5, 0.6) is 0 Å². The standard InChI is InChI=1S/C50H38N6OS2/c57-48(47-46(54-50-56(47)19-21-59-50)37-16-12-30-6-1-2-7-32(30)22-37)52-41-26-35-14-15-36(23-39(35)27-41)42-11-5-10-31-13-17-38(28-43(31)42)45-44(55-18-20-58-49(55)53-45)29-51-40-24-33-8-3-4-9-34(33)25-40/h1-23,28,40-41,51H,24-27,29H2,(H,52,57). The summed E-state index contributed by atoms with van der Waals surface area (Å²) in [5.41, 5.74) is 13.4. The fraction of sp³-hybridized carbons (Fsp3) is 0.140. The van der Waals surface area contributed by atoms with Crippen molar-refractivity contribution in [3.05, 3.63) is 178 Å². The largest absolute Gasteiger partial charge is 0.347 e.